The molecule has 7 heteroatoms. The van der Waals surface area contributed by atoms with Crippen LogP contribution in [0.15, 0.2) is 60.7 Å². The van der Waals surface area contributed by atoms with E-state index in [0.717, 1.165) is 17.7 Å². The van der Waals surface area contributed by atoms with E-state index in [4.69, 9.17) is 0 Å². The Hall–Kier alpha value is -3.61. The molecule has 0 saturated carbocycles. The molecule has 0 atom stereocenters. The first kappa shape index (κ1) is 20.1. The standard InChI is InChI=1S/C22H19F2N3O2/c1-13(2)15-6-3-4-7-17(15)26-21(28)19-8-5-9-20(25-19)22(29)27-18-11-10-14(23)12-16(18)24/h3-13H,1-2H3,(H,26,28)(H,27,29). The molecule has 148 valence electrons. The number of rotatable bonds is 5. The van der Waals surface area contributed by atoms with Gasteiger partial charge in [0.05, 0.1) is 5.69 Å². The molecule has 0 aliphatic carbocycles. The van der Waals surface area contributed by atoms with Gasteiger partial charge < -0.3 is 10.6 Å². The minimum absolute atomic E-state index is 0.0378. The Morgan fingerprint density at radius 1 is 0.828 bits per heavy atom. The van der Waals surface area contributed by atoms with Crippen molar-refractivity contribution in [2.75, 3.05) is 10.6 Å². The van der Waals surface area contributed by atoms with Gasteiger partial charge in [-0.15, -0.1) is 0 Å². The molecule has 2 amide bonds. The molecule has 0 unspecified atom stereocenters. The number of hydrogen-bond donors (Lipinski definition) is 2. The fraction of sp³-hybridized carbons (Fsp3) is 0.136. The number of hydrogen-bond acceptors (Lipinski definition) is 3. The van der Waals surface area contributed by atoms with Crippen LogP contribution < -0.4 is 10.6 Å². The van der Waals surface area contributed by atoms with Crippen molar-refractivity contribution in [2.45, 2.75) is 19.8 Å². The van der Waals surface area contributed by atoms with E-state index in [0.29, 0.717) is 11.8 Å². The summed E-state index contributed by atoms with van der Waals surface area (Å²) >= 11 is 0. The van der Waals surface area contributed by atoms with Crippen LogP contribution >= 0.6 is 0 Å². The highest BCUT2D eigenvalue weighted by molar-refractivity contribution is 6.06. The number of benzene rings is 2. The average molecular weight is 395 g/mol. The number of para-hydroxylation sites is 1. The van der Waals surface area contributed by atoms with Crippen molar-refractivity contribution in [3.8, 4) is 0 Å². The first-order valence-corrected chi connectivity index (χ1v) is 8.99. The second-order valence-electron chi connectivity index (χ2n) is 6.68. The van der Waals surface area contributed by atoms with Crippen molar-refractivity contribution in [2.24, 2.45) is 0 Å². The van der Waals surface area contributed by atoms with Crippen LogP contribution in [0.2, 0.25) is 0 Å². The van der Waals surface area contributed by atoms with Gasteiger partial charge in [0.2, 0.25) is 0 Å². The maximum atomic E-state index is 13.7. The maximum absolute atomic E-state index is 13.7. The molecule has 2 aromatic carbocycles. The Morgan fingerprint density at radius 2 is 1.45 bits per heavy atom. The second kappa shape index (κ2) is 8.60. The topological polar surface area (TPSA) is 71.1 Å². The second-order valence-corrected chi connectivity index (χ2v) is 6.68. The minimum atomic E-state index is -0.905. The van der Waals surface area contributed by atoms with Crippen LogP contribution in [-0.2, 0) is 0 Å². The van der Waals surface area contributed by atoms with Gasteiger partial charge in [-0.3, -0.25) is 9.59 Å². The molecule has 0 radical (unpaired) electrons. The van der Waals surface area contributed by atoms with Crippen LogP contribution in [0.3, 0.4) is 0 Å². The molecule has 0 spiro atoms. The highest BCUT2D eigenvalue weighted by atomic mass is 19.1. The van der Waals surface area contributed by atoms with E-state index in [1.54, 1.807) is 6.07 Å². The summed E-state index contributed by atoms with van der Waals surface area (Å²) in [7, 11) is 0. The highest BCUT2D eigenvalue weighted by Gasteiger charge is 2.16. The Morgan fingerprint density at radius 3 is 2.07 bits per heavy atom. The lowest BCUT2D eigenvalue weighted by atomic mass is 10.0. The van der Waals surface area contributed by atoms with Gasteiger partial charge in [0.15, 0.2) is 0 Å². The van der Waals surface area contributed by atoms with E-state index in [-0.39, 0.29) is 23.0 Å². The summed E-state index contributed by atoms with van der Waals surface area (Å²) in [5.74, 6) is -2.63. The van der Waals surface area contributed by atoms with E-state index < -0.39 is 23.4 Å². The minimum Gasteiger partial charge on any atom is -0.320 e. The number of carbonyl (C=O) groups is 2. The van der Waals surface area contributed by atoms with Gasteiger partial charge in [0, 0.05) is 11.8 Å². The number of anilines is 2. The van der Waals surface area contributed by atoms with Gasteiger partial charge in [-0.1, -0.05) is 38.1 Å². The molecule has 2 N–H and O–H groups in total. The summed E-state index contributed by atoms with van der Waals surface area (Å²) < 4.78 is 26.7. The Kier molecular flexibility index (Phi) is 5.97. The van der Waals surface area contributed by atoms with Crippen molar-refractivity contribution < 1.29 is 18.4 Å². The zero-order chi connectivity index (χ0) is 21.0. The van der Waals surface area contributed by atoms with Crippen molar-refractivity contribution in [1.29, 1.82) is 0 Å². The molecule has 0 aliphatic rings. The molecule has 1 heterocycles. The third kappa shape index (κ3) is 4.82. The van der Waals surface area contributed by atoms with Crippen LogP contribution in [-0.4, -0.2) is 16.8 Å². The molecule has 1 aromatic heterocycles. The number of aromatic nitrogens is 1. The number of nitrogens with one attached hydrogen (secondary N) is 2. The van der Waals surface area contributed by atoms with Crippen molar-refractivity contribution in [1.82, 2.24) is 4.98 Å². The predicted molar refractivity (Wildman–Crippen MR) is 107 cm³/mol. The first-order valence-electron chi connectivity index (χ1n) is 8.99. The van der Waals surface area contributed by atoms with Gasteiger partial charge in [-0.25, -0.2) is 13.8 Å². The summed E-state index contributed by atoms with van der Waals surface area (Å²) in [6, 6.07) is 14.6. The van der Waals surface area contributed by atoms with E-state index >= 15 is 0 Å². The normalized spacial score (nSPS) is 10.7. The Balaban J connectivity index is 1.78. The zero-order valence-corrected chi connectivity index (χ0v) is 15.9. The molecule has 0 aliphatic heterocycles. The van der Waals surface area contributed by atoms with Gasteiger partial charge >= 0.3 is 0 Å². The molecular weight excluding hydrogens is 376 g/mol. The van der Waals surface area contributed by atoms with E-state index in [1.807, 2.05) is 32.0 Å². The summed E-state index contributed by atoms with van der Waals surface area (Å²) in [6.07, 6.45) is 0. The molecule has 0 fully saturated rings. The zero-order valence-electron chi connectivity index (χ0n) is 15.9. The van der Waals surface area contributed by atoms with Crippen LogP contribution in [0.1, 0.15) is 46.3 Å². The third-order valence-electron chi connectivity index (χ3n) is 4.22. The fourth-order valence-corrected chi connectivity index (χ4v) is 2.77. The first-order chi connectivity index (χ1) is 13.8. The Bertz CT molecular complexity index is 1070. The maximum Gasteiger partial charge on any atom is 0.274 e. The van der Waals surface area contributed by atoms with Gasteiger partial charge in [0.25, 0.3) is 11.8 Å². The van der Waals surface area contributed by atoms with E-state index in [2.05, 4.69) is 15.6 Å². The van der Waals surface area contributed by atoms with E-state index in [1.165, 1.54) is 18.2 Å². The van der Waals surface area contributed by atoms with Crippen molar-refractivity contribution in [3.05, 3.63) is 89.2 Å². The molecular formula is C22H19F2N3O2. The quantitative estimate of drug-likeness (QED) is 0.640. The van der Waals surface area contributed by atoms with Crippen LogP contribution in [0.25, 0.3) is 0 Å². The smallest absolute Gasteiger partial charge is 0.274 e. The average Bonchev–Trinajstić information content (AvgIpc) is 2.70. The van der Waals surface area contributed by atoms with Gasteiger partial charge in [-0.2, -0.15) is 0 Å². The molecule has 0 saturated heterocycles. The molecule has 0 bridgehead atoms. The van der Waals surface area contributed by atoms with Crippen LogP contribution in [0.4, 0.5) is 20.2 Å². The summed E-state index contributed by atoms with van der Waals surface area (Å²) in [6.45, 7) is 4.03. The van der Waals surface area contributed by atoms with Crippen LogP contribution in [0.5, 0.6) is 0 Å². The molecule has 3 rings (SSSR count). The lowest BCUT2D eigenvalue weighted by Crippen LogP contribution is -2.19. The number of pyridine rings is 1. The summed E-state index contributed by atoms with van der Waals surface area (Å²) in [5, 5.41) is 5.12. The Labute approximate surface area is 166 Å². The summed E-state index contributed by atoms with van der Waals surface area (Å²) in [5.41, 5.74) is 1.42. The van der Waals surface area contributed by atoms with Crippen LogP contribution in [0, 0.1) is 11.6 Å². The summed E-state index contributed by atoms with van der Waals surface area (Å²) in [4.78, 5) is 29.0. The SMILES string of the molecule is CC(C)c1ccccc1NC(=O)c1cccc(C(=O)Nc2ccc(F)cc2F)n1. The van der Waals surface area contributed by atoms with E-state index in [9.17, 15) is 18.4 Å². The van der Waals surface area contributed by atoms with Gasteiger partial charge in [-0.05, 0) is 41.8 Å². The lowest BCUT2D eigenvalue weighted by Gasteiger charge is -2.13. The molecule has 5 nitrogen and oxygen atoms in total. The number of halogens is 2. The third-order valence-corrected chi connectivity index (χ3v) is 4.22. The fourth-order valence-electron chi connectivity index (χ4n) is 2.77. The predicted octanol–water partition coefficient (Wildman–Crippen LogP) is 4.99. The number of nitrogens with zero attached hydrogens (tertiary/aromatic N) is 1. The lowest BCUT2D eigenvalue weighted by molar-refractivity contribution is 0.101. The largest absolute Gasteiger partial charge is 0.320 e. The van der Waals surface area contributed by atoms with Crippen molar-refractivity contribution in [3.63, 3.8) is 0 Å². The molecule has 29 heavy (non-hydrogen) atoms. The number of carbonyl (C=O) groups excluding carboxylic acids is 2. The number of amides is 2. The van der Waals surface area contributed by atoms with Gasteiger partial charge in [0.1, 0.15) is 23.0 Å². The molecule has 3 aromatic rings. The highest BCUT2D eigenvalue weighted by Crippen LogP contribution is 2.24. The monoisotopic (exact) mass is 395 g/mol. The van der Waals surface area contributed by atoms with Crippen molar-refractivity contribution >= 4 is 23.2 Å².